The molecule has 122 valence electrons. The van der Waals surface area contributed by atoms with Crippen molar-refractivity contribution in [3.8, 4) is 5.75 Å². The van der Waals surface area contributed by atoms with Crippen LogP contribution in [0.5, 0.6) is 5.75 Å². The first kappa shape index (κ1) is 16.3. The van der Waals surface area contributed by atoms with E-state index in [-0.39, 0.29) is 12.5 Å². The Labute approximate surface area is 146 Å². The molecule has 1 amide bonds. The third-order valence-corrected chi connectivity index (χ3v) is 4.26. The van der Waals surface area contributed by atoms with Crippen molar-refractivity contribution in [3.63, 3.8) is 0 Å². The lowest BCUT2D eigenvalue weighted by Gasteiger charge is -2.13. The number of benzene rings is 3. The molecule has 0 spiro atoms. The van der Waals surface area contributed by atoms with E-state index in [9.17, 15) is 4.79 Å². The molecule has 0 heterocycles. The Hall–Kier alpha value is -2.52. The Morgan fingerprint density at radius 1 is 0.958 bits per heavy atom. The molecule has 0 saturated carbocycles. The molecule has 0 bridgehead atoms. The first-order valence-electron chi connectivity index (χ1n) is 7.72. The van der Waals surface area contributed by atoms with Gasteiger partial charge in [0.05, 0.1) is 0 Å². The van der Waals surface area contributed by atoms with E-state index in [0.29, 0.717) is 10.8 Å². The molecule has 4 heteroatoms. The van der Waals surface area contributed by atoms with Gasteiger partial charge in [0, 0.05) is 21.5 Å². The number of hydrogen-bond donors (Lipinski definition) is 1. The molecule has 24 heavy (non-hydrogen) atoms. The van der Waals surface area contributed by atoms with Crippen molar-refractivity contribution in [2.75, 3.05) is 11.9 Å². The van der Waals surface area contributed by atoms with Crippen LogP contribution in [0.25, 0.3) is 10.8 Å². The molecule has 0 aliphatic heterocycles. The fourth-order valence-electron chi connectivity index (χ4n) is 2.69. The fraction of sp³-hybridized carbons (Fsp3) is 0.150. The van der Waals surface area contributed by atoms with Gasteiger partial charge in [-0.15, -0.1) is 0 Å². The number of carbonyl (C=O) groups is 1. The number of halogens is 1. The van der Waals surface area contributed by atoms with Crippen molar-refractivity contribution >= 4 is 34.0 Å². The van der Waals surface area contributed by atoms with E-state index in [0.717, 1.165) is 27.6 Å². The van der Waals surface area contributed by atoms with Gasteiger partial charge >= 0.3 is 0 Å². The number of rotatable bonds is 4. The summed E-state index contributed by atoms with van der Waals surface area (Å²) in [5, 5.41) is 5.39. The minimum absolute atomic E-state index is 0.0561. The van der Waals surface area contributed by atoms with Crippen LogP contribution < -0.4 is 10.1 Å². The van der Waals surface area contributed by atoms with Crippen molar-refractivity contribution in [1.82, 2.24) is 0 Å². The third-order valence-electron chi connectivity index (χ3n) is 3.94. The summed E-state index contributed by atoms with van der Waals surface area (Å²) in [6.45, 7) is 3.88. The van der Waals surface area contributed by atoms with Crippen LogP contribution in [0.3, 0.4) is 0 Å². The first-order chi connectivity index (χ1) is 11.6. The van der Waals surface area contributed by atoms with E-state index in [1.54, 1.807) is 12.1 Å². The zero-order chi connectivity index (χ0) is 17.1. The lowest BCUT2D eigenvalue weighted by molar-refractivity contribution is -0.118. The molecule has 0 radical (unpaired) electrons. The predicted octanol–water partition coefficient (Wildman–Crippen LogP) is 5.13. The Kier molecular flexibility index (Phi) is 4.72. The van der Waals surface area contributed by atoms with Crippen LogP contribution in [0, 0.1) is 13.8 Å². The minimum Gasteiger partial charge on any atom is -0.483 e. The third kappa shape index (κ3) is 3.36. The first-order valence-corrected chi connectivity index (χ1v) is 8.10. The largest absolute Gasteiger partial charge is 0.483 e. The van der Waals surface area contributed by atoms with Gasteiger partial charge in [-0.05, 0) is 37.1 Å². The van der Waals surface area contributed by atoms with Crippen molar-refractivity contribution < 1.29 is 9.53 Å². The molecule has 0 atom stereocenters. The number of hydrogen-bond acceptors (Lipinski definition) is 2. The highest BCUT2D eigenvalue weighted by molar-refractivity contribution is 6.35. The van der Waals surface area contributed by atoms with Crippen LogP contribution in [0.2, 0.25) is 5.02 Å². The number of anilines is 1. The minimum atomic E-state index is -0.188. The molecule has 0 saturated heterocycles. The number of amides is 1. The quantitative estimate of drug-likeness (QED) is 0.715. The summed E-state index contributed by atoms with van der Waals surface area (Å²) in [4.78, 5) is 12.2. The number of para-hydroxylation sites is 1. The van der Waals surface area contributed by atoms with Crippen molar-refractivity contribution in [3.05, 3.63) is 70.7 Å². The second kappa shape index (κ2) is 6.93. The van der Waals surface area contributed by atoms with Gasteiger partial charge < -0.3 is 10.1 Å². The molecule has 0 aliphatic rings. The normalized spacial score (nSPS) is 10.6. The second-order valence-corrected chi connectivity index (χ2v) is 6.10. The number of carbonyl (C=O) groups excluding carboxylic acids is 1. The van der Waals surface area contributed by atoms with Crippen LogP contribution in [0.15, 0.2) is 54.6 Å². The average Bonchev–Trinajstić information content (AvgIpc) is 2.58. The second-order valence-electron chi connectivity index (χ2n) is 5.69. The van der Waals surface area contributed by atoms with Crippen LogP contribution in [0.4, 0.5) is 5.69 Å². The maximum Gasteiger partial charge on any atom is 0.262 e. The van der Waals surface area contributed by atoms with E-state index in [4.69, 9.17) is 16.3 Å². The van der Waals surface area contributed by atoms with Gasteiger partial charge in [0.25, 0.3) is 5.91 Å². The van der Waals surface area contributed by atoms with Crippen molar-refractivity contribution in [1.29, 1.82) is 0 Å². The standard InChI is InChI=1S/C20H18ClNO2/c1-13-6-5-7-14(2)20(13)22-19(23)12-24-18-11-10-17(21)15-8-3-4-9-16(15)18/h3-11H,12H2,1-2H3,(H,22,23). The molecule has 0 aromatic heterocycles. The summed E-state index contributed by atoms with van der Waals surface area (Å²) >= 11 is 6.20. The highest BCUT2D eigenvalue weighted by Gasteiger charge is 2.10. The highest BCUT2D eigenvalue weighted by Crippen LogP contribution is 2.31. The summed E-state index contributed by atoms with van der Waals surface area (Å²) in [7, 11) is 0. The predicted molar refractivity (Wildman–Crippen MR) is 99.0 cm³/mol. The maximum absolute atomic E-state index is 12.2. The Morgan fingerprint density at radius 3 is 2.33 bits per heavy atom. The van der Waals surface area contributed by atoms with Gasteiger partial charge in [0.1, 0.15) is 5.75 Å². The zero-order valence-electron chi connectivity index (χ0n) is 13.6. The van der Waals surface area contributed by atoms with Gasteiger partial charge in [-0.25, -0.2) is 0 Å². The molecule has 3 rings (SSSR count). The fourth-order valence-corrected chi connectivity index (χ4v) is 2.92. The molecular weight excluding hydrogens is 322 g/mol. The number of nitrogens with one attached hydrogen (secondary N) is 1. The monoisotopic (exact) mass is 339 g/mol. The van der Waals surface area contributed by atoms with Crippen molar-refractivity contribution in [2.45, 2.75) is 13.8 Å². The topological polar surface area (TPSA) is 38.3 Å². The zero-order valence-corrected chi connectivity index (χ0v) is 14.4. The summed E-state index contributed by atoms with van der Waals surface area (Å²) in [6.07, 6.45) is 0. The molecular formula is C20H18ClNO2. The lowest BCUT2D eigenvalue weighted by Crippen LogP contribution is -2.21. The molecule has 1 N–H and O–H groups in total. The summed E-state index contributed by atoms with van der Waals surface area (Å²) in [6, 6.07) is 17.2. The average molecular weight is 340 g/mol. The van der Waals surface area contributed by atoms with Crippen LogP contribution in [-0.2, 0) is 4.79 Å². The van der Waals surface area contributed by atoms with Gasteiger partial charge in [-0.2, -0.15) is 0 Å². The molecule has 3 nitrogen and oxygen atoms in total. The SMILES string of the molecule is Cc1cccc(C)c1NC(=O)COc1ccc(Cl)c2ccccc12. The Balaban J connectivity index is 1.75. The number of ether oxygens (including phenoxy) is 1. The molecule has 3 aromatic rings. The summed E-state index contributed by atoms with van der Waals surface area (Å²) in [5.74, 6) is 0.457. The maximum atomic E-state index is 12.2. The van der Waals surface area contributed by atoms with Gasteiger partial charge in [0.15, 0.2) is 6.61 Å². The number of fused-ring (bicyclic) bond motifs is 1. The molecule has 0 fully saturated rings. The molecule has 3 aromatic carbocycles. The number of aryl methyl sites for hydroxylation is 2. The van der Waals surface area contributed by atoms with E-state index in [2.05, 4.69) is 5.32 Å². The van der Waals surface area contributed by atoms with Crippen LogP contribution in [0.1, 0.15) is 11.1 Å². The van der Waals surface area contributed by atoms with E-state index >= 15 is 0 Å². The van der Waals surface area contributed by atoms with Crippen molar-refractivity contribution in [2.24, 2.45) is 0 Å². The Morgan fingerprint density at radius 2 is 1.62 bits per heavy atom. The Bertz CT molecular complexity index is 885. The highest BCUT2D eigenvalue weighted by atomic mass is 35.5. The lowest BCUT2D eigenvalue weighted by atomic mass is 10.1. The van der Waals surface area contributed by atoms with Gasteiger partial charge in [-0.1, -0.05) is 54.1 Å². The summed E-state index contributed by atoms with van der Waals surface area (Å²) in [5.41, 5.74) is 2.90. The molecule has 0 unspecified atom stereocenters. The van der Waals surface area contributed by atoms with Crippen LogP contribution in [-0.4, -0.2) is 12.5 Å². The smallest absolute Gasteiger partial charge is 0.262 e. The van der Waals surface area contributed by atoms with E-state index in [1.807, 2.05) is 56.3 Å². The van der Waals surface area contributed by atoms with E-state index in [1.165, 1.54) is 0 Å². The van der Waals surface area contributed by atoms with Gasteiger partial charge in [0.2, 0.25) is 0 Å². The van der Waals surface area contributed by atoms with Crippen LogP contribution >= 0.6 is 11.6 Å². The summed E-state index contributed by atoms with van der Waals surface area (Å²) < 4.78 is 5.72. The van der Waals surface area contributed by atoms with Gasteiger partial charge in [-0.3, -0.25) is 4.79 Å². The van der Waals surface area contributed by atoms with E-state index < -0.39 is 0 Å². The molecule has 0 aliphatic carbocycles.